The molecular weight excluding hydrogens is 398 g/mol. The first-order valence-electron chi connectivity index (χ1n) is 9.23. The monoisotopic (exact) mass is 417 g/mol. The van der Waals surface area contributed by atoms with E-state index in [0.29, 0.717) is 19.0 Å². The Morgan fingerprint density at radius 3 is 2.55 bits per heavy atom. The van der Waals surface area contributed by atoms with Crippen LogP contribution in [-0.4, -0.2) is 39.2 Å². The third-order valence-electron chi connectivity index (χ3n) is 5.10. The number of hydrogen-bond acceptors (Lipinski definition) is 5. The van der Waals surface area contributed by atoms with E-state index in [1.54, 1.807) is 4.90 Å². The minimum Gasteiger partial charge on any atom is -0.340 e. The highest BCUT2D eigenvalue weighted by molar-refractivity contribution is 6.30. The van der Waals surface area contributed by atoms with Crippen LogP contribution in [0.5, 0.6) is 0 Å². The standard InChI is InChI=1S/C20H20ClN3O5/c1-13-7-9-22(10-8-13)20(27)18(23-12-15(21)5-6-17(23)25)19(26)14-3-2-4-16(11-14)24(28)29/h2-6,11-13,18H,7-10H2,1H3. The highest BCUT2D eigenvalue weighted by Crippen LogP contribution is 2.24. The van der Waals surface area contributed by atoms with Gasteiger partial charge >= 0.3 is 0 Å². The van der Waals surface area contributed by atoms with E-state index in [0.717, 1.165) is 23.5 Å². The summed E-state index contributed by atoms with van der Waals surface area (Å²) >= 11 is 6.00. The third kappa shape index (κ3) is 4.54. The number of Topliss-reactive ketones (excluding diaryl/α,β-unsaturated/α-hetero) is 1. The molecule has 1 amide bonds. The number of halogens is 1. The fraction of sp³-hybridized carbons (Fsp3) is 0.350. The van der Waals surface area contributed by atoms with Crippen molar-refractivity contribution in [2.45, 2.75) is 25.8 Å². The molecule has 2 heterocycles. The molecule has 3 rings (SSSR count). The van der Waals surface area contributed by atoms with Crippen LogP contribution in [0.15, 0.2) is 47.4 Å². The maximum absolute atomic E-state index is 13.3. The van der Waals surface area contributed by atoms with Crippen LogP contribution in [0.3, 0.4) is 0 Å². The Morgan fingerprint density at radius 2 is 1.90 bits per heavy atom. The molecule has 1 fully saturated rings. The Balaban J connectivity index is 2.05. The summed E-state index contributed by atoms with van der Waals surface area (Å²) in [6, 6.07) is 6.21. The fourth-order valence-corrected chi connectivity index (χ4v) is 3.54. The molecule has 1 saturated heterocycles. The van der Waals surface area contributed by atoms with Gasteiger partial charge in [0.15, 0.2) is 11.8 Å². The summed E-state index contributed by atoms with van der Waals surface area (Å²) in [5, 5.41) is 11.3. The van der Waals surface area contributed by atoms with E-state index in [-0.39, 0.29) is 16.3 Å². The number of nitro groups is 1. The lowest BCUT2D eigenvalue weighted by Gasteiger charge is -2.33. The average molecular weight is 418 g/mol. The number of likely N-dealkylation sites (tertiary alicyclic amines) is 1. The van der Waals surface area contributed by atoms with Crippen molar-refractivity contribution in [2.75, 3.05) is 13.1 Å². The van der Waals surface area contributed by atoms with Gasteiger partial charge in [-0.2, -0.15) is 0 Å². The van der Waals surface area contributed by atoms with Crippen LogP contribution in [0.4, 0.5) is 5.69 Å². The second-order valence-electron chi connectivity index (χ2n) is 7.17. The summed E-state index contributed by atoms with van der Waals surface area (Å²) in [6.07, 6.45) is 2.84. The number of carbonyl (C=O) groups excluding carboxylic acids is 2. The Hall–Kier alpha value is -3.00. The molecule has 29 heavy (non-hydrogen) atoms. The van der Waals surface area contributed by atoms with Crippen molar-refractivity contribution >= 4 is 29.0 Å². The van der Waals surface area contributed by atoms with E-state index >= 15 is 0 Å². The van der Waals surface area contributed by atoms with Gasteiger partial charge in [0.25, 0.3) is 17.2 Å². The first-order chi connectivity index (χ1) is 13.8. The van der Waals surface area contributed by atoms with Crippen LogP contribution in [0.2, 0.25) is 5.02 Å². The minimum atomic E-state index is -1.48. The molecule has 1 aliphatic heterocycles. The largest absolute Gasteiger partial charge is 0.340 e. The van der Waals surface area contributed by atoms with E-state index in [2.05, 4.69) is 6.92 Å². The van der Waals surface area contributed by atoms with E-state index in [4.69, 9.17) is 11.6 Å². The number of aromatic nitrogens is 1. The normalized spacial score (nSPS) is 15.7. The number of hydrogen-bond donors (Lipinski definition) is 0. The quantitative estimate of drug-likeness (QED) is 0.322. The molecule has 0 bridgehead atoms. The lowest BCUT2D eigenvalue weighted by atomic mass is 9.97. The highest BCUT2D eigenvalue weighted by atomic mass is 35.5. The number of ketones is 1. The van der Waals surface area contributed by atoms with E-state index in [1.165, 1.54) is 36.5 Å². The molecular formula is C20H20ClN3O5. The zero-order valence-corrected chi connectivity index (χ0v) is 16.5. The summed E-state index contributed by atoms with van der Waals surface area (Å²) in [5.74, 6) is -0.738. The molecule has 0 aliphatic carbocycles. The molecule has 0 spiro atoms. The first kappa shape index (κ1) is 20.7. The SMILES string of the molecule is CC1CCN(C(=O)C(C(=O)c2cccc([N+](=O)[O-])c2)n2cc(Cl)ccc2=O)CC1. The lowest BCUT2D eigenvalue weighted by molar-refractivity contribution is -0.384. The van der Waals surface area contributed by atoms with Crippen molar-refractivity contribution in [1.82, 2.24) is 9.47 Å². The summed E-state index contributed by atoms with van der Waals surface area (Å²) in [7, 11) is 0. The van der Waals surface area contributed by atoms with Gasteiger partial charge in [-0.15, -0.1) is 0 Å². The predicted octanol–water partition coefficient (Wildman–Crippen LogP) is 3.09. The molecule has 0 saturated carbocycles. The van der Waals surface area contributed by atoms with Crippen molar-refractivity contribution in [1.29, 1.82) is 0 Å². The van der Waals surface area contributed by atoms with Gasteiger partial charge in [0.1, 0.15) is 0 Å². The number of benzene rings is 1. The van der Waals surface area contributed by atoms with Crippen LogP contribution >= 0.6 is 11.6 Å². The second-order valence-corrected chi connectivity index (χ2v) is 7.61. The summed E-state index contributed by atoms with van der Waals surface area (Å²) in [6.45, 7) is 3.05. The van der Waals surface area contributed by atoms with Crippen molar-refractivity contribution in [2.24, 2.45) is 5.92 Å². The topological polar surface area (TPSA) is 103 Å². The van der Waals surface area contributed by atoms with Gasteiger partial charge in [-0.3, -0.25) is 29.1 Å². The number of rotatable bonds is 5. The fourth-order valence-electron chi connectivity index (χ4n) is 3.37. The number of non-ortho nitro benzene ring substituents is 1. The molecule has 1 unspecified atom stereocenters. The van der Waals surface area contributed by atoms with Gasteiger partial charge in [0.05, 0.1) is 9.95 Å². The van der Waals surface area contributed by atoms with Gasteiger partial charge in [-0.05, 0) is 24.8 Å². The lowest BCUT2D eigenvalue weighted by Crippen LogP contribution is -2.46. The van der Waals surface area contributed by atoms with E-state index < -0.39 is 28.2 Å². The molecule has 152 valence electrons. The third-order valence-corrected chi connectivity index (χ3v) is 5.32. The van der Waals surface area contributed by atoms with Crippen LogP contribution in [-0.2, 0) is 4.79 Å². The van der Waals surface area contributed by atoms with Gasteiger partial charge in [-0.25, -0.2) is 0 Å². The Labute approximate surface area is 171 Å². The average Bonchev–Trinajstić information content (AvgIpc) is 2.71. The molecule has 1 atom stereocenters. The van der Waals surface area contributed by atoms with Gasteiger partial charge in [-0.1, -0.05) is 30.7 Å². The molecule has 0 N–H and O–H groups in total. The molecule has 9 heteroatoms. The maximum atomic E-state index is 13.3. The van der Waals surface area contributed by atoms with E-state index in [9.17, 15) is 24.5 Å². The zero-order chi connectivity index (χ0) is 21.1. The Kier molecular flexibility index (Phi) is 6.12. The summed E-state index contributed by atoms with van der Waals surface area (Å²) in [5.41, 5.74) is -0.848. The molecule has 8 nitrogen and oxygen atoms in total. The molecule has 1 aromatic heterocycles. The van der Waals surface area contributed by atoms with Gasteiger partial charge < -0.3 is 4.90 Å². The van der Waals surface area contributed by atoms with Crippen LogP contribution in [0, 0.1) is 16.0 Å². The second kappa shape index (κ2) is 8.57. The van der Waals surface area contributed by atoms with Crippen LogP contribution in [0.25, 0.3) is 0 Å². The number of pyridine rings is 1. The van der Waals surface area contributed by atoms with Crippen molar-refractivity contribution < 1.29 is 14.5 Å². The molecule has 0 radical (unpaired) electrons. The van der Waals surface area contributed by atoms with E-state index in [1.807, 2.05) is 0 Å². The number of carbonyl (C=O) groups is 2. The summed E-state index contributed by atoms with van der Waals surface area (Å²) in [4.78, 5) is 51.0. The van der Waals surface area contributed by atoms with Crippen molar-refractivity contribution in [3.63, 3.8) is 0 Å². The highest BCUT2D eigenvalue weighted by Gasteiger charge is 2.35. The zero-order valence-electron chi connectivity index (χ0n) is 15.8. The van der Waals surface area contributed by atoms with Crippen molar-refractivity contribution in [3.05, 3.63) is 73.6 Å². The molecule has 2 aromatic rings. The maximum Gasteiger partial charge on any atom is 0.270 e. The predicted molar refractivity (Wildman–Crippen MR) is 107 cm³/mol. The number of nitrogens with zero attached hydrogens (tertiary/aromatic N) is 3. The Bertz CT molecular complexity index is 1010. The molecule has 1 aliphatic rings. The van der Waals surface area contributed by atoms with Gasteiger partial charge in [0, 0.05) is 43.0 Å². The molecule has 1 aromatic carbocycles. The summed E-state index contributed by atoms with van der Waals surface area (Å²) < 4.78 is 1.00. The first-order valence-corrected chi connectivity index (χ1v) is 9.61. The minimum absolute atomic E-state index is 0.0187. The Morgan fingerprint density at radius 1 is 1.21 bits per heavy atom. The van der Waals surface area contributed by atoms with Crippen LogP contribution < -0.4 is 5.56 Å². The van der Waals surface area contributed by atoms with Crippen LogP contribution in [0.1, 0.15) is 36.2 Å². The number of piperidine rings is 1. The smallest absolute Gasteiger partial charge is 0.270 e. The number of nitro benzene ring substituents is 1. The van der Waals surface area contributed by atoms with Gasteiger partial charge in [0.2, 0.25) is 0 Å². The van der Waals surface area contributed by atoms with Crippen molar-refractivity contribution in [3.8, 4) is 0 Å². The number of amides is 1.